The van der Waals surface area contributed by atoms with Crippen molar-refractivity contribution >= 4 is 17.3 Å². The smallest absolute Gasteiger partial charge is 0.197 e. The lowest BCUT2D eigenvalue weighted by atomic mass is 9.84. The summed E-state index contributed by atoms with van der Waals surface area (Å²) in [7, 11) is 4.97. The van der Waals surface area contributed by atoms with E-state index >= 15 is 4.39 Å². The number of carbonyl (C=O) groups excluding carboxylic acids is 1. The van der Waals surface area contributed by atoms with Crippen LogP contribution in [-0.4, -0.2) is 82.9 Å². The van der Waals surface area contributed by atoms with Gasteiger partial charge in [-0.2, -0.15) is 0 Å². The Balaban J connectivity index is 1.68. The van der Waals surface area contributed by atoms with E-state index in [1.807, 2.05) is 19.1 Å². The van der Waals surface area contributed by atoms with Gasteiger partial charge < -0.3 is 33.5 Å². The molecule has 2 aliphatic heterocycles. The zero-order valence-corrected chi connectivity index (χ0v) is 25.4. The number of anilines is 1. The van der Waals surface area contributed by atoms with Gasteiger partial charge in [-0.15, -0.1) is 0 Å². The highest BCUT2D eigenvalue weighted by molar-refractivity contribution is 6.06. The van der Waals surface area contributed by atoms with Crippen LogP contribution < -0.4 is 19.1 Å². The first-order valence-electron chi connectivity index (χ1n) is 14.0. The van der Waals surface area contributed by atoms with Crippen molar-refractivity contribution < 1.29 is 32.9 Å². The molecule has 1 saturated heterocycles. The number of amidine groups is 1. The number of benzene rings is 2. The Hall–Kier alpha value is -3.37. The zero-order valence-electron chi connectivity index (χ0n) is 25.4. The monoisotopic (exact) mass is 571 g/mol. The number of halogens is 1. The number of hydrogen-bond donors (Lipinski definition) is 1. The lowest BCUT2D eigenvalue weighted by molar-refractivity contribution is -0.00461. The Kier molecular flexibility index (Phi) is 9.13. The van der Waals surface area contributed by atoms with Gasteiger partial charge in [0.2, 0.25) is 0 Å². The SMILES string of the molecule is CCOc1cc2c(c(F)c1OCC)C(=N)N(CC(=O)c1cc(N3CC(OC)C(OC)C3)c(OC)c(C(C)(C)C)c1)C2. The number of nitrogens with one attached hydrogen (secondary N) is 1. The number of rotatable bonds is 11. The van der Waals surface area contributed by atoms with Gasteiger partial charge in [-0.1, -0.05) is 20.8 Å². The van der Waals surface area contributed by atoms with Crippen molar-refractivity contribution in [3.8, 4) is 17.2 Å². The minimum absolute atomic E-state index is 0.00465. The van der Waals surface area contributed by atoms with Gasteiger partial charge in [-0.25, -0.2) is 4.39 Å². The highest BCUT2D eigenvalue weighted by Gasteiger charge is 2.37. The highest BCUT2D eigenvalue weighted by atomic mass is 19.1. The first-order chi connectivity index (χ1) is 19.5. The van der Waals surface area contributed by atoms with Crippen molar-refractivity contribution in [2.75, 3.05) is 59.1 Å². The molecule has 0 saturated carbocycles. The molecule has 41 heavy (non-hydrogen) atoms. The molecule has 2 aromatic rings. The minimum Gasteiger partial charge on any atom is -0.494 e. The minimum atomic E-state index is -0.635. The quantitative estimate of drug-likeness (QED) is 0.385. The summed E-state index contributed by atoms with van der Waals surface area (Å²) in [6.45, 7) is 11.7. The van der Waals surface area contributed by atoms with Crippen LogP contribution in [0.3, 0.4) is 0 Å². The summed E-state index contributed by atoms with van der Waals surface area (Å²) in [5.41, 5.74) is 2.59. The number of fused-ring (bicyclic) bond motifs is 1. The summed E-state index contributed by atoms with van der Waals surface area (Å²) in [4.78, 5) is 17.5. The second kappa shape index (κ2) is 12.2. The zero-order chi connectivity index (χ0) is 30.1. The van der Waals surface area contributed by atoms with Gasteiger partial charge in [0.1, 0.15) is 23.8 Å². The van der Waals surface area contributed by atoms with Crippen LogP contribution >= 0.6 is 0 Å². The van der Waals surface area contributed by atoms with Crippen molar-refractivity contribution in [3.63, 3.8) is 0 Å². The fraction of sp³-hybridized carbons (Fsp3) is 0.548. The number of Topliss-reactive ketones (excluding diaryl/α,β-unsaturated/α-hetero) is 1. The second-order valence-electron chi connectivity index (χ2n) is 11.3. The van der Waals surface area contributed by atoms with E-state index in [4.69, 9.17) is 29.1 Å². The van der Waals surface area contributed by atoms with Crippen LogP contribution in [0.5, 0.6) is 17.2 Å². The summed E-state index contributed by atoms with van der Waals surface area (Å²) >= 11 is 0. The fourth-order valence-electron chi connectivity index (χ4n) is 5.60. The average Bonchev–Trinajstić information content (AvgIpc) is 3.50. The van der Waals surface area contributed by atoms with Gasteiger partial charge in [-0.3, -0.25) is 10.2 Å². The molecule has 2 unspecified atom stereocenters. The Labute approximate surface area is 242 Å². The molecule has 10 heteroatoms. The van der Waals surface area contributed by atoms with Crippen LogP contribution in [0.25, 0.3) is 0 Å². The van der Waals surface area contributed by atoms with Crippen molar-refractivity contribution in [3.05, 3.63) is 46.3 Å². The molecule has 0 aliphatic carbocycles. The Morgan fingerprint density at radius 1 is 1.00 bits per heavy atom. The van der Waals surface area contributed by atoms with E-state index in [1.165, 1.54) is 0 Å². The van der Waals surface area contributed by atoms with Crippen LogP contribution in [0.2, 0.25) is 0 Å². The third kappa shape index (κ3) is 5.85. The van der Waals surface area contributed by atoms with E-state index in [0.717, 1.165) is 11.3 Å². The molecule has 0 amide bonds. The Bertz CT molecular complexity index is 1300. The summed E-state index contributed by atoms with van der Waals surface area (Å²) < 4.78 is 43.9. The number of carbonyl (C=O) groups is 1. The molecule has 0 spiro atoms. The van der Waals surface area contributed by atoms with Crippen molar-refractivity contribution in [1.29, 1.82) is 5.41 Å². The molecular weight excluding hydrogens is 529 g/mol. The molecule has 1 N–H and O–H groups in total. The number of ketones is 1. The molecule has 224 valence electrons. The average molecular weight is 572 g/mol. The standard InChI is InChI=1S/C31H42FN3O6/c1-9-40-23-13-19-14-35(30(33)26(19)27(32)29(23)41-10-2)15-22(36)18-11-20(31(3,4)5)28(39-8)21(12-18)34-16-24(37-6)25(17-34)38-7/h11-13,24-25,33H,9-10,14-17H2,1-8H3. The third-order valence-corrected chi connectivity index (χ3v) is 7.67. The molecule has 4 rings (SSSR count). The normalized spacial score (nSPS) is 18.6. The number of methoxy groups -OCH3 is 3. The van der Waals surface area contributed by atoms with Gasteiger partial charge in [0.05, 0.1) is 38.1 Å². The summed E-state index contributed by atoms with van der Waals surface area (Å²) in [6.07, 6.45) is -0.243. The van der Waals surface area contributed by atoms with E-state index in [-0.39, 0.29) is 60.3 Å². The first-order valence-corrected chi connectivity index (χ1v) is 14.0. The summed E-state index contributed by atoms with van der Waals surface area (Å²) in [5, 5.41) is 8.74. The van der Waals surface area contributed by atoms with Gasteiger partial charge in [0, 0.05) is 45.0 Å². The number of ether oxygens (including phenoxy) is 5. The molecule has 0 radical (unpaired) electrons. The molecule has 9 nitrogen and oxygen atoms in total. The molecule has 0 aromatic heterocycles. The van der Waals surface area contributed by atoms with Gasteiger partial charge in [0.15, 0.2) is 23.1 Å². The van der Waals surface area contributed by atoms with E-state index in [0.29, 0.717) is 42.3 Å². The first kappa shape index (κ1) is 30.6. The molecular formula is C31H42FN3O6. The largest absolute Gasteiger partial charge is 0.494 e. The van der Waals surface area contributed by atoms with Crippen LogP contribution in [0.15, 0.2) is 18.2 Å². The van der Waals surface area contributed by atoms with Gasteiger partial charge >= 0.3 is 0 Å². The molecule has 2 aliphatic rings. The van der Waals surface area contributed by atoms with Crippen molar-refractivity contribution in [2.45, 2.75) is 58.8 Å². The van der Waals surface area contributed by atoms with Crippen LogP contribution in [-0.2, 0) is 21.4 Å². The molecule has 2 aromatic carbocycles. The van der Waals surface area contributed by atoms with Gasteiger partial charge in [0.25, 0.3) is 0 Å². The number of nitrogens with zero attached hydrogens (tertiary/aromatic N) is 2. The lowest BCUT2D eigenvalue weighted by Crippen LogP contribution is -2.31. The summed E-state index contributed by atoms with van der Waals surface area (Å²) in [5.74, 6) is 0.133. The van der Waals surface area contributed by atoms with Gasteiger partial charge in [-0.05, 0) is 43.0 Å². The topological polar surface area (TPSA) is 93.6 Å². The molecule has 2 heterocycles. The molecule has 0 bridgehead atoms. The van der Waals surface area contributed by atoms with Crippen LogP contribution in [0.1, 0.15) is 61.7 Å². The second-order valence-corrected chi connectivity index (χ2v) is 11.3. The Morgan fingerprint density at radius 2 is 1.63 bits per heavy atom. The van der Waals surface area contributed by atoms with E-state index < -0.39 is 5.82 Å². The fourth-order valence-corrected chi connectivity index (χ4v) is 5.60. The predicted octanol–water partition coefficient (Wildman–Crippen LogP) is 4.80. The van der Waals surface area contributed by atoms with E-state index in [1.54, 1.807) is 39.2 Å². The van der Waals surface area contributed by atoms with Crippen LogP contribution in [0, 0.1) is 11.2 Å². The highest BCUT2D eigenvalue weighted by Crippen LogP contribution is 2.42. The maximum atomic E-state index is 15.5. The molecule has 2 atom stereocenters. The molecule has 1 fully saturated rings. The number of hydrogen-bond acceptors (Lipinski definition) is 8. The van der Waals surface area contributed by atoms with E-state index in [2.05, 4.69) is 25.7 Å². The predicted molar refractivity (Wildman–Crippen MR) is 156 cm³/mol. The maximum absolute atomic E-state index is 15.5. The van der Waals surface area contributed by atoms with E-state index in [9.17, 15) is 4.79 Å². The third-order valence-electron chi connectivity index (χ3n) is 7.67. The van der Waals surface area contributed by atoms with Crippen LogP contribution in [0.4, 0.5) is 10.1 Å². The maximum Gasteiger partial charge on any atom is 0.197 e. The lowest BCUT2D eigenvalue weighted by Gasteiger charge is -2.29. The Morgan fingerprint density at radius 3 is 2.17 bits per heavy atom. The van der Waals surface area contributed by atoms with Crippen molar-refractivity contribution in [1.82, 2.24) is 4.90 Å². The van der Waals surface area contributed by atoms with Crippen molar-refractivity contribution in [2.24, 2.45) is 0 Å². The summed E-state index contributed by atoms with van der Waals surface area (Å²) in [6, 6.07) is 5.42.